The van der Waals surface area contributed by atoms with Crippen LogP contribution < -0.4 is 4.74 Å². The van der Waals surface area contributed by atoms with Crippen molar-refractivity contribution < 1.29 is 17.9 Å². The fourth-order valence-corrected chi connectivity index (χ4v) is 2.39. The van der Waals surface area contributed by atoms with Gasteiger partial charge >= 0.3 is 0 Å². The van der Waals surface area contributed by atoms with Crippen LogP contribution in [-0.4, -0.2) is 31.1 Å². The van der Waals surface area contributed by atoms with Gasteiger partial charge in [-0.2, -0.15) is 4.39 Å². The molecular formula is C14H18F3NO. The molecule has 0 radical (unpaired) electrons. The molecule has 1 aliphatic heterocycles. The summed E-state index contributed by atoms with van der Waals surface area (Å²) < 4.78 is 44.9. The Morgan fingerprint density at radius 1 is 1.16 bits per heavy atom. The number of rotatable bonds is 3. The quantitative estimate of drug-likeness (QED) is 0.784. The van der Waals surface area contributed by atoms with Gasteiger partial charge in [-0.3, -0.25) is 0 Å². The van der Waals surface area contributed by atoms with Gasteiger partial charge in [-0.05, 0) is 58.0 Å². The zero-order valence-corrected chi connectivity index (χ0v) is 11.1. The number of benzene rings is 1. The van der Waals surface area contributed by atoms with Crippen molar-refractivity contribution >= 4 is 0 Å². The van der Waals surface area contributed by atoms with Crippen LogP contribution in [0.25, 0.3) is 0 Å². The lowest BCUT2D eigenvalue weighted by Gasteiger charge is -2.32. The topological polar surface area (TPSA) is 12.5 Å². The summed E-state index contributed by atoms with van der Waals surface area (Å²) in [6.07, 6.45) is 1.71. The van der Waals surface area contributed by atoms with E-state index in [0.717, 1.165) is 38.1 Å². The van der Waals surface area contributed by atoms with Crippen LogP contribution in [0.3, 0.4) is 0 Å². The number of hydrogen-bond donors (Lipinski definition) is 0. The first-order valence-electron chi connectivity index (χ1n) is 6.47. The van der Waals surface area contributed by atoms with Crippen molar-refractivity contribution in [2.45, 2.75) is 25.9 Å². The summed E-state index contributed by atoms with van der Waals surface area (Å²) in [6, 6.07) is 2.02. The number of piperidine rings is 1. The molecule has 1 unspecified atom stereocenters. The van der Waals surface area contributed by atoms with Crippen molar-refractivity contribution in [3.8, 4) is 5.75 Å². The molecule has 1 heterocycles. The van der Waals surface area contributed by atoms with Gasteiger partial charge < -0.3 is 9.64 Å². The van der Waals surface area contributed by atoms with Gasteiger partial charge in [-0.1, -0.05) is 0 Å². The predicted molar refractivity (Wildman–Crippen MR) is 66.6 cm³/mol. The highest BCUT2D eigenvalue weighted by Crippen LogP contribution is 2.27. The standard InChI is InChI=1S/C14H18F3NO/c1-9(10-5-7-18(2)8-6-10)19-12-4-3-11(15)13(16)14(12)17/h3-4,9-10H,5-8H2,1-2H3. The van der Waals surface area contributed by atoms with E-state index in [-0.39, 0.29) is 11.9 Å². The van der Waals surface area contributed by atoms with Crippen molar-refractivity contribution in [3.05, 3.63) is 29.6 Å². The second kappa shape index (κ2) is 5.82. The maximum Gasteiger partial charge on any atom is 0.203 e. The number of nitrogens with zero attached hydrogens (tertiary/aromatic N) is 1. The SMILES string of the molecule is CC(Oc1ccc(F)c(F)c1F)C1CCN(C)CC1. The summed E-state index contributed by atoms with van der Waals surface area (Å²) in [6.45, 7) is 3.79. The summed E-state index contributed by atoms with van der Waals surface area (Å²) in [5, 5.41) is 0. The lowest BCUT2D eigenvalue weighted by atomic mass is 9.92. The average molecular weight is 273 g/mol. The van der Waals surface area contributed by atoms with Gasteiger partial charge in [0.25, 0.3) is 0 Å². The molecule has 1 aliphatic rings. The minimum atomic E-state index is -1.48. The fraction of sp³-hybridized carbons (Fsp3) is 0.571. The Balaban J connectivity index is 2.03. The molecule has 19 heavy (non-hydrogen) atoms. The number of ether oxygens (including phenoxy) is 1. The molecule has 2 rings (SSSR count). The summed E-state index contributed by atoms with van der Waals surface area (Å²) >= 11 is 0. The molecule has 1 fully saturated rings. The van der Waals surface area contributed by atoms with Crippen LogP contribution >= 0.6 is 0 Å². The van der Waals surface area contributed by atoms with Crippen molar-refractivity contribution in [2.75, 3.05) is 20.1 Å². The zero-order valence-electron chi connectivity index (χ0n) is 11.1. The highest BCUT2D eigenvalue weighted by Gasteiger charge is 2.25. The number of halogens is 3. The molecule has 1 aromatic rings. The third-order valence-electron chi connectivity index (χ3n) is 3.74. The Hall–Kier alpha value is -1.23. The summed E-state index contributed by atoms with van der Waals surface area (Å²) in [5.41, 5.74) is 0. The normalized spacial score (nSPS) is 19.4. The van der Waals surface area contributed by atoms with Gasteiger partial charge in [-0.15, -0.1) is 0 Å². The number of hydrogen-bond acceptors (Lipinski definition) is 2. The molecule has 0 spiro atoms. The van der Waals surface area contributed by atoms with Gasteiger partial charge in [0.1, 0.15) is 0 Å². The summed E-state index contributed by atoms with van der Waals surface area (Å²) in [4.78, 5) is 2.22. The predicted octanol–water partition coefficient (Wildman–Crippen LogP) is 3.21. The molecule has 0 amide bonds. The van der Waals surface area contributed by atoms with Crippen molar-refractivity contribution in [3.63, 3.8) is 0 Å². The van der Waals surface area contributed by atoms with Crippen LogP contribution in [0.2, 0.25) is 0 Å². The second-order valence-corrected chi connectivity index (χ2v) is 5.14. The van der Waals surface area contributed by atoms with Crippen LogP contribution in [0.15, 0.2) is 12.1 Å². The summed E-state index contributed by atoms with van der Waals surface area (Å²) in [7, 11) is 2.05. The molecule has 2 nitrogen and oxygen atoms in total. The molecule has 0 bridgehead atoms. The van der Waals surface area contributed by atoms with E-state index < -0.39 is 17.5 Å². The van der Waals surface area contributed by atoms with E-state index in [1.165, 1.54) is 0 Å². The Labute approximate surface area is 111 Å². The van der Waals surface area contributed by atoms with Gasteiger partial charge in [-0.25, -0.2) is 8.78 Å². The van der Waals surface area contributed by atoms with E-state index in [1.807, 2.05) is 6.92 Å². The van der Waals surface area contributed by atoms with Crippen LogP contribution in [0, 0.1) is 23.4 Å². The van der Waals surface area contributed by atoms with Crippen molar-refractivity contribution in [2.24, 2.45) is 5.92 Å². The Kier molecular flexibility index (Phi) is 4.34. The van der Waals surface area contributed by atoms with Crippen LogP contribution in [0.4, 0.5) is 13.2 Å². The third-order valence-corrected chi connectivity index (χ3v) is 3.74. The van der Waals surface area contributed by atoms with Crippen molar-refractivity contribution in [1.29, 1.82) is 0 Å². The maximum absolute atomic E-state index is 13.5. The van der Waals surface area contributed by atoms with Crippen LogP contribution in [0.5, 0.6) is 5.75 Å². The molecule has 0 aliphatic carbocycles. The zero-order chi connectivity index (χ0) is 14.0. The molecule has 5 heteroatoms. The van der Waals surface area contributed by atoms with Crippen LogP contribution in [-0.2, 0) is 0 Å². The van der Waals surface area contributed by atoms with Gasteiger partial charge in [0.15, 0.2) is 17.4 Å². The summed E-state index contributed by atoms with van der Waals surface area (Å²) in [5.74, 6) is -3.83. The van der Waals surface area contributed by atoms with E-state index in [9.17, 15) is 13.2 Å². The first-order valence-corrected chi connectivity index (χ1v) is 6.47. The van der Waals surface area contributed by atoms with E-state index >= 15 is 0 Å². The fourth-order valence-electron chi connectivity index (χ4n) is 2.39. The molecule has 0 N–H and O–H groups in total. The first-order chi connectivity index (χ1) is 8.99. The Bertz CT molecular complexity index is 445. The van der Waals surface area contributed by atoms with E-state index in [4.69, 9.17) is 4.74 Å². The Morgan fingerprint density at radius 2 is 1.79 bits per heavy atom. The van der Waals surface area contributed by atoms with E-state index in [0.29, 0.717) is 5.92 Å². The van der Waals surface area contributed by atoms with E-state index in [2.05, 4.69) is 11.9 Å². The minimum Gasteiger partial charge on any atom is -0.487 e. The lowest BCUT2D eigenvalue weighted by molar-refractivity contribution is 0.0935. The van der Waals surface area contributed by atoms with Gasteiger partial charge in [0, 0.05) is 0 Å². The van der Waals surface area contributed by atoms with Crippen molar-refractivity contribution in [1.82, 2.24) is 4.90 Å². The second-order valence-electron chi connectivity index (χ2n) is 5.14. The molecule has 0 saturated carbocycles. The lowest BCUT2D eigenvalue weighted by Crippen LogP contribution is -2.36. The highest BCUT2D eigenvalue weighted by molar-refractivity contribution is 5.26. The molecule has 0 aromatic heterocycles. The van der Waals surface area contributed by atoms with E-state index in [1.54, 1.807) is 0 Å². The van der Waals surface area contributed by atoms with Gasteiger partial charge in [0.05, 0.1) is 6.10 Å². The molecule has 1 aromatic carbocycles. The molecule has 1 saturated heterocycles. The van der Waals surface area contributed by atoms with Crippen LogP contribution in [0.1, 0.15) is 19.8 Å². The third kappa shape index (κ3) is 3.21. The highest BCUT2D eigenvalue weighted by atomic mass is 19.2. The molecular weight excluding hydrogens is 255 g/mol. The largest absolute Gasteiger partial charge is 0.487 e. The van der Waals surface area contributed by atoms with Gasteiger partial charge in [0.2, 0.25) is 5.82 Å². The molecule has 106 valence electrons. The maximum atomic E-state index is 13.5. The Morgan fingerprint density at radius 3 is 2.42 bits per heavy atom. The number of likely N-dealkylation sites (tertiary alicyclic amines) is 1. The average Bonchev–Trinajstić information content (AvgIpc) is 2.40. The monoisotopic (exact) mass is 273 g/mol. The smallest absolute Gasteiger partial charge is 0.203 e. The first kappa shape index (κ1) is 14.2. The molecule has 1 atom stereocenters. The minimum absolute atomic E-state index is 0.215.